The van der Waals surface area contributed by atoms with Gasteiger partial charge in [0.1, 0.15) is 0 Å². The molecule has 1 fully saturated rings. The predicted molar refractivity (Wildman–Crippen MR) is 119 cm³/mol. The van der Waals surface area contributed by atoms with Gasteiger partial charge in [0.25, 0.3) is 0 Å². The molecule has 0 aliphatic carbocycles. The maximum Gasteiger partial charge on any atom is 0.412 e. The molecule has 3 aromatic rings. The van der Waals surface area contributed by atoms with Crippen molar-refractivity contribution in [1.82, 2.24) is 9.97 Å². The molecule has 2 N–H and O–H groups in total. The Bertz CT molecular complexity index is 1170. The minimum Gasteiger partial charge on any atom is -0.465 e. The van der Waals surface area contributed by atoms with Gasteiger partial charge in [-0.1, -0.05) is 17.4 Å². The van der Waals surface area contributed by atoms with Crippen LogP contribution >= 0.6 is 11.3 Å². The highest BCUT2D eigenvalue weighted by Gasteiger charge is 2.40. The third-order valence-electron chi connectivity index (χ3n) is 5.96. The maximum atomic E-state index is 12.2. The van der Waals surface area contributed by atoms with Crippen LogP contribution in [0.5, 0.6) is 0 Å². The van der Waals surface area contributed by atoms with Crippen molar-refractivity contribution in [3.8, 4) is 11.1 Å². The van der Waals surface area contributed by atoms with E-state index in [0.717, 1.165) is 39.9 Å². The quantitative estimate of drug-likeness (QED) is 0.636. The summed E-state index contributed by atoms with van der Waals surface area (Å²) in [5.74, 6) is 0.123. The summed E-state index contributed by atoms with van der Waals surface area (Å²) in [5, 5.41) is 13.2. The molecule has 1 unspecified atom stereocenters. The van der Waals surface area contributed by atoms with Gasteiger partial charge in [-0.25, -0.2) is 9.78 Å². The van der Waals surface area contributed by atoms with Crippen LogP contribution < -0.4 is 10.2 Å². The Hall–Kier alpha value is -3.04. The number of nitrogens with one attached hydrogen (secondary N) is 1. The van der Waals surface area contributed by atoms with Crippen molar-refractivity contribution in [3.05, 3.63) is 36.2 Å². The molecule has 2 aromatic heterocycles. The van der Waals surface area contributed by atoms with Gasteiger partial charge in [-0.2, -0.15) is 0 Å². The van der Waals surface area contributed by atoms with E-state index in [-0.39, 0.29) is 17.9 Å². The highest BCUT2D eigenvalue weighted by molar-refractivity contribution is 7.22. The van der Waals surface area contributed by atoms with Crippen LogP contribution in [0, 0.1) is 5.92 Å². The topological polar surface area (TPSA) is 105 Å². The van der Waals surface area contributed by atoms with Crippen LogP contribution in [0.25, 0.3) is 21.3 Å². The second-order valence-electron chi connectivity index (χ2n) is 7.95. The van der Waals surface area contributed by atoms with Crippen LogP contribution in [-0.4, -0.2) is 46.3 Å². The molecule has 0 bridgehead atoms. The second-order valence-corrected chi connectivity index (χ2v) is 8.98. The molecular formula is C22H22N4O4S. The standard InChI is InChI=1S/C22H22N4O4S/c1-12(27)24-21-25-16-3-2-14(9-20(16)31-21)15-8-19-17(23-11-15)10-18(26(19)22(28)29)13-4-6-30-7-5-13/h2-3,8-9,11,13,18H,4-7,10H2,1H3,(H,28,29)(H,24,25,27). The zero-order valence-electron chi connectivity index (χ0n) is 17.0. The molecule has 5 rings (SSSR count). The highest BCUT2D eigenvalue weighted by atomic mass is 32.1. The number of rotatable bonds is 3. The van der Waals surface area contributed by atoms with Gasteiger partial charge < -0.3 is 15.2 Å². The number of anilines is 2. The smallest absolute Gasteiger partial charge is 0.412 e. The molecule has 160 valence electrons. The number of amides is 2. The van der Waals surface area contributed by atoms with E-state index < -0.39 is 6.09 Å². The van der Waals surface area contributed by atoms with Crippen LogP contribution in [0.1, 0.15) is 25.5 Å². The fourth-order valence-electron chi connectivity index (χ4n) is 4.50. The lowest BCUT2D eigenvalue weighted by atomic mass is 9.90. The van der Waals surface area contributed by atoms with Gasteiger partial charge in [-0.3, -0.25) is 14.7 Å². The molecule has 0 saturated carbocycles. The van der Waals surface area contributed by atoms with Gasteiger partial charge in [0.05, 0.1) is 21.6 Å². The van der Waals surface area contributed by atoms with Gasteiger partial charge >= 0.3 is 6.09 Å². The molecule has 0 radical (unpaired) electrons. The van der Waals surface area contributed by atoms with E-state index in [4.69, 9.17) is 4.74 Å². The molecule has 9 heteroatoms. The summed E-state index contributed by atoms with van der Waals surface area (Å²) >= 11 is 1.40. The van der Waals surface area contributed by atoms with Crippen molar-refractivity contribution in [3.63, 3.8) is 0 Å². The Balaban J connectivity index is 1.48. The largest absolute Gasteiger partial charge is 0.465 e. The molecule has 1 aromatic carbocycles. The number of ether oxygens (including phenoxy) is 1. The Labute approximate surface area is 182 Å². The van der Waals surface area contributed by atoms with Crippen molar-refractivity contribution < 1.29 is 19.4 Å². The number of thiazole rings is 1. The summed E-state index contributed by atoms with van der Waals surface area (Å²) in [6.07, 6.45) is 3.25. The van der Waals surface area contributed by atoms with Crippen LogP contribution in [-0.2, 0) is 16.0 Å². The van der Waals surface area contributed by atoms with Gasteiger partial charge in [-0.15, -0.1) is 0 Å². The van der Waals surface area contributed by atoms with E-state index in [2.05, 4.69) is 15.3 Å². The Morgan fingerprint density at radius 1 is 1.23 bits per heavy atom. The third-order valence-corrected chi connectivity index (χ3v) is 6.90. The number of hydrogen-bond acceptors (Lipinski definition) is 6. The van der Waals surface area contributed by atoms with Crippen molar-refractivity contribution in [2.24, 2.45) is 5.92 Å². The third kappa shape index (κ3) is 3.75. The average molecular weight is 439 g/mol. The first-order valence-corrected chi connectivity index (χ1v) is 11.1. The molecule has 2 amide bonds. The highest BCUT2D eigenvalue weighted by Crippen LogP contribution is 2.40. The zero-order chi connectivity index (χ0) is 21.5. The maximum absolute atomic E-state index is 12.2. The molecule has 1 atom stereocenters. The van der Waals surface area contributed by atoms with Crippen molar-refractivity contribution in [2.75, 3.05) is 23.4 Å². The molecule has 2 aliphatic heterocycles. The Kier molecular flexibility index (Phi) is 5.07. The number of hydrogen-bond donors (Lipinski definition) is 2. The molecule has 2 aliphatic rings. The summed E-state index contributed by atoms with van der Waals surface area (Å²) in [5.41, 5.74) is 4.09. The zero-order valence-corrected chi connectivity index (χ0v) is 17.8. The van der Waals surface area contributed by atoms with E-state index in [0.29, 0.717) is 30.5 Å². The van der Waals surface area contributed by atoms with Crippen LogP contribution in [0.2, 0.25) is 0 Å². The number of pyridine rings is 1. The molecule has 0 spiro atoms. The number of benzene rings is 1. The first-order chi connectivity index (χ1) is 15.0. The SMILES string of the molecule is CC(=O)Nc1nc2ccc(-c3cnc4c(c3)N(C(=O)O)C(C3CCOCC3)C4)cc2s1. The second kappa shape index (κ2) is 7.90. The van der Waals surface area contributed by atoms with E-state index in [9.17, 15) is 14.7 Å². The van der Waals surface area contributed by atoms with Gasteiger partial charge in [0, 0.05) is 44.4 Å². The van der Waals surface area contributed by atoms with Crippen molar-refractivity contribution >= 4 is 44.4 Å². The lowest BCUT2D eigenvalue weighted by Crippen LogP contribution is -2.43. The van der Waals surface area contributed by atoms with Crippen LogP contribution in [0.4, 0.5) is 15.6 Å². The van der Waals surface area contributed by atoms with Gasteiger partial charge in [0.2, 0.25) is 5.91 Å². The number of nitrogens with zero attached hydrogens (tertiary/aromatic N) is 3. The van der Waals surface area contributed by atoms with E-state index in [1.807, 2.05) is 30.5 Å². The molecule has 8 nitrogen and oxygen atoms in total. The fourth-order valence-corrected chi connectivity index (χ4v) is 5.46. The summed E-state index contributed by atoms with van der Waals surface area (Å²) in [4.78, 5) is 34.0. The predicted octanol–water partition coefficient (Wildman–Crippen LogP) is 4.15. The molecular weight excluding hydrogens is 416 g/mol. The number of fused-ring (bicyclic) bond motifs is 2. The normalized spacial score (nSPS) is 18.9. The molecule has 31 heavy (non-hydrogen) atoms. The number of carboxylic acid groups (broad SMARTS) is 1. The minimum atomic E-state index is -0.938. The number of carbonyl (C=O) groups excluding carboxylic acids is 1. The summed E-state index contributed by atoms with van der Waals surface area (Å²) < 4.78 is 6.40. The molecule has 4 heterocycles. The van der Waals surface area contributed by atoms with Crippen LogP contribution in [0.3, 0.4) is 0 Å². The summed E-state index contributed by atoms with van der Waals surface area (Å²) in [6, 6.07) is 7.67. The van der Waals surface area contributed by atoms with Gasteiger partial charge in [0.15, 0.2) is 5.13 Å². The van der Waals surface area contributed by atoms with Crippen molar-refractivity contribution in [2.45, 2.75) is 32.2 Å². The van der Waals surface area contributed by atoms with Crippen LogP contribution in [0.15, 0.2) is 30.5 Å². The monoisotopic (exact) mass is 438 g/mol. The van der Waals surface area contributed by atoms with E-state index in [1.54, 1.807) is 0 Å². The Morgan fingerprint density at radius 3 is 2.77 bits per heavy atom. The summed E-state index contributed by atoms with van der Waals surface area (Å²) in [6.45, 7) is 2.81. The first kappa shape index (κ1) is 19.9. The lowest BCUT2D eigenvalue weighted by molar-refractivity contribution is -0.114. The fraction of sp³-hybridized carbons (Fsp3) is 0.364. The van der Waals surface area contributed by atoms with E-state index in [1.165, 1.54) is 23.2 Å². The summed E-state index contributed by atoms with van der Waals surface area (Å²) in [7, 11) is 0. The number of carbonyl (C=O) groups is 2. The molecule has 1 saturated heterocycles. The van der Waals surface area contributed by atoms with E-state index >= 15 is 0 Å². The first-order valence-electron chi connectivity index (χ1n) is 10.3. The lowest BCUT2D eigenvalue weighted by Gasteiger charge is -2.32. The van der Waals surface area contributed by atoms with Gasteiger partial charge in [-0.05, 0) is 42.5 Å². The number of aromatic nitrogens is 2. The average Bonchev–Trinajstić information content (AvgIpc) is 3.33. The Morgan fingerprint density at radius 2 is 2.03 bits per heavy atom. The minimum absolute atomic E-state index is 0.0941. The van der Waals surface area contributed by atoms with Crippen molar-refractivity contribution in [1.29, 1.82) is 0 Å².